The summed E-state index contributed by atoms with van der Waals surface area (Å²) in [5, 5.41) is 0. The normalized spacial score (nSPS) is 26.1. The lowest BCUT2D eigenvalue weighted by molar-refractivity contribution is 0.00578. The van der Waals surface area contributed by atoms with Crippen LogP contribution >= 0.6 is 0 Å². The van der Waals surface area contributed by atoms with Gasteiger partial charge in [0.15, 0.2) is 0 Å². The van der Waals surface area contributed by atoms with Gasteiger partial charge in [-0.05, 0) is 59.0 Å². The van der Waals surface area contributed by atoms with Gasteiger partial charge in [-0.25, -0.2) is 0 Å². The molecule has 0 spiro atoms. The highest BCUT2D eigenvalue weighted by Crippen LogP contribution is 2.36. The van der Waals surface area contributed by atoms with Gasteiger partial charge < -0.3 is 9.31 Å². The molecule has 2 rings (SSSR count). The van der Waals surface area contributed by atoms with E-state index >= 15 is 0 Å². The van der Waals surface area contributed by atoms with Crippen LogP contribution in [0, 0.1) is 11.7 Å². The fourth-order valence-corrected chi connectivity index (χ4v) is 2.01. The van der Waals surface area contributed by atoms with Crippen molar-refractivity contribution in [2.24, 2.45) is 0 Å². The van der Waals surface area contributed by atoms with Crippen LogP contribution < -0.4 is 0 Å². The fraction of sp³-hybridized carbons (Fsp3) is 0.714. The Kier molecular flexibility index (Phi) is 3.38. The standard InChI is InChI=1S/C14H21BO2/c1-13(2)14(3,4)17-15(16-13)11-10-12-8-6-5-7-9-12/h8H,5-7,9H2,1-4H3. The van der Waals surface area contributed by atoms with Crippen LogP contribution in [0.15, 0.2) is 11.6 Å². The highest BCUT2D eigenvalue weighted by atomic mass is 16.7. The van der Waals surface area contributed by atoms with Crippen LogP contribution in [0.4, 0.5) is 0 Å². The van der Waals surface area contributed by atoms with E-state index in [9.17, 15) is 0 Å². The minimum absolute atomic E-state index is 0.284. The molecule has 17 heavy (non-hydrogen) atoms. The zero-order valence-electron chi connectivity index (χ0n) is 11.3. The Morgan fingerprint density at radius 3 is 2.29 bits per heavy atom. The first-order valence-electron chi connectivity index (χ1n) is 6.47. The van der Waals surface area contributed by atoms with Crippen molar-refractivity contribution in [3.63, 3.8) is 0 Å². The summed E-state index contributed by atoms with van der Waals surface area (Å²) in [5.41, 5.74) is 0.673. The summed E-state index contributed by atoms with van der Waals surface area (Å²) in [4.78, 5) is 0. The summed E-state index contributed by atoms with van der Waals surface area (Å²) in [5.74, 6) is 6.30. The SMILES string of the molecule is CC1(C)OB(C#CC2=CCCCC2)OC1(C)C. The summed E-state index contributed by atoms with van der Waals surface area (Å²) < 4.78 is 11.7. The van der Waals surface area contributed by atoms with Crippen LogP contribution in [0.3, 0.4) is 0 Å². The second-order valence-corrected chi connectivity index (χ2v) is 5.83. The number of allylic oxidation sites excluding steroid dienone is 2. The molecule has 0 aromatic rings. The maximum absolute atomic E-state index is 5.83. The van der Waals surface area contributed by atoms with Gasteiger partial charge in [-0.1, -0.05) is 17.8 Å². The molecule has 1 fully saturated rings. The predicted molar refractivity (Wildman–Crippen MR) is 70.4 cm³/mol. The van der Waals surface area contributed by atoms with Gasteiger partial charge in [-0.2, -0.15) is 0 Å². The molecule has 0 aromatic carbocycles. The minimum Gasteiger partial charge on any atom is -0.392 e. The van der Waals surface area contributed by atoms with E-state index in [4.69, 9.17) is 9.31 Å². The topological polar surface area (TPSA) is 18.5 Å². The first-order valence-corrected chi connectivity index (χ1v) is 6.47. The van der Waals surface area contributed by atoms with E-state index < -0.39 is 0 Å². The van der Waals surface area contributed by atoms with Crippen molar-refractivity contribution in [1.82, 2.24) is 0 Å². The van der Waals surface area contributed by atoms with Gasteiger partial charge >= 0.3 is 7.12 Å². The molecule has 2 aliphatic rings. The maximum Gasteiger partial charge on any atom is 0.551 e. The Labute approximate surface area is 105 Å². The van der Waals surface area contributed by atoms with Crippen molar-refractivity contribution in [1.29, 1.82) is 0 Å². The van der Waals surface area contributed by atoms with Crippen LogP contribution in [-0.2, 0) is 9.31 Å². The Morgan fingerprint density at radius 2 is 1.76 bits per heavy atom. The highest BCUT2D eigenvalue weighted by molar-refractivity contribution is 6.55. The maximum atomic E-state index is 5.83. The predicted octanol–water partition coefficient (Wildman–Crippen LogP) is 3.12. The molecule has 0 unspecified atom stereocenters. The molecule has 1 heterocycles. The number of hydrogen-bond acceptors (Lipinski definition) is 2. The van der Waals surface area contributed by atoms with E-state index in [-0.39, 0.29) is 18.3 Å². The zero-order valence-corrected chi connectivity index (χ0v) is 11.3. The Hall–Kier alpha value is -0.715. The molecule has 0 saturated carbocycles. The molecule has 1 saturated heterocycles. The number of hydrogen-bond donors (Lipinski definition) is 0. The second-order valence-electron chi connectivity index (χ2n) is 5.83. The third-order valence-electron chi connectivity index (χ3n) is 3.89. The first kappa shape index (κ1) is 12.7. The van der Waals surface area contributed by atoms with Crippen LogP contribution in [0.1, 0.15) is 53.4 Å². The van der Waals surface area contributed by atoms with Crippen LogP contribution in [0.2, 0.25) is 0 Å². The smallest absolute Gasteiger partial charge is 0.392 e. The van der Waals surface area contributed by atoms with Crippen LogP contribution in [-0.4, -0.2) is 18.3 Å². The van der Waals surface area contributed by atoms with Crippen molar-refractivity contribution >= 4 is 7.12 Å². The lowest BCUT2D eigenvalue weighted by atomic mass is 9.90. The zero-order chi connectivity index (χ0) is 12.5. The molecule has 92 valence electrons. The lowest BCUT2D eigenvalue weighted by Crippen LogP contribution is -2.41. The molecule has 0 amide bonds. The fourth-order valence-electron chi connectivity index (χ4n) is 2.01. The molecule has 0 bridgehead atoms. The van der Waals surface area contributed by atoms with Gasteiger partial charge in [0.05, 0.1) is 11.2 Å². The minimum atomic E-state index is -0.386. The molecule has 0 atom stereocenters. The van der Waals surface area contributed by atoms with Gasteiger partial charge in [0.2, 0.25) is 0 Å². The van der Waals surface area contributed by atoms with E-state index in [2.05, 4.69) is 45.5 Å². The highest BCUT2D eigenvalue weighted by Gasteiger charge is 2.50. The summed E-state index contributed by atoms with van der Waals surface area (Å²) in [7, 11) is -0.386. The molecule has 3 heteroatoms. The quantitative estimate of drug-likeness (QED) is 0.472. The molecule has 0 radical (unpaired) electrons. The van der Waals surface area contributed by atoms with Crippen molar-refractivity contribution in [2.45, 2.75) is 64.6 Å². The molecule has 0 N–H and O–H groups in total. The average molecular weight is 232 g/mol. The summed E-state index contributed by atoms with van der Waals surface area (Å²) in [6, 6.07) is 0. The van der Waals surface area contributed by atoms with Crippen molar-refractivity contribution in [2.75, 3.05) is 0 Å². The van der Waals surface area contributed by atoms with Gasteiger partial charge in [0, 0.05) is 0 Å². The van der Waals surface area contributed by atoms with E-state index in [0.717, 1.165) is 12.8 Å². The molecular formula is C14H21BO2. The molecule has 1 aliphatic carbocycles. The molecular weight excluding hydrogens is 211 g/mol. The Balaban J connectivity index is 2.03. The summed E-state index contributed by atoms with van der Waals surface area (Å²) in [6.07, 6.45) is 7.05. The van der Waals surface area contributed by atoms with Gasteiger partial charge in [0.25, 0.3) is 0 Å². The van der Waals surface area contributed by atoms with Crippen molar-refractivity contribution < 1.29 is 9.31 Å². The van der Waals surface area contributed by atoms with Crippen LogP contribution in [0.25, 0.3) is 0 Å². The molecule has 0 aromatic heterocycles. The van der Waals surface area contributed by atoms with E-state index in [1.165, 1.54) is 18.4 Å². The van der Waals surface area contributed by atoms with E-state index in [1.807, 2.05) is 0 Å². The summed E-state index contributed by atoms with van der Waals surface area (Å²) >= 11 is 0. The van der Waals surface area contributed by atoms with Crippen molar-refractivity contribution in [3.8, 4) is 11.7 Å². The molecule has 2 nitrogen and oxygen atoms in total. The Bertz CT molecular complexity index is 369. The van der Waals surface area contributed by atoms with Crippen LogP contribution in [0.5, 0.6) is 0 Å². The second kappa shape index (κ2) is 4.51. The van der Waals surface area contributed by atoms with Crippen molar-refractivity contribution in [3.05, 3.63) is 11.6 Å². The largest absolute Gasteiger partial charge is 0.551 e. The van der Waals surface area contributed by atoms with E-state index in [1.54, 1.807) is 0 Å². The van der Waals surface area contributed by atoms with Gasteiger partial charge in [-0.3, -0.25) is 0 Å². The lowest BCUT2D eigenvalue weighted by Gasteiger charge is -2.32. The third kappa shape index (κ3) is 2.76. The van der Waals surface area contributed by atoms with E-state index in [0.29, 0.717) is 0 Å². The monoisotopic (exact) mass is 232 g/mol. The first-order chi connectivity index (χ1) is 7.91. The third-order valence-corrected chi connectivity index (χ3v) is 3.89. The van der Waals surface area contributed by atoms with Gasteiger partial charge in [-0.15, -0.1) is 0 Å². The Morgan fingerprint density at radius 1 is 1.12 bits per heavy atom. The number of rotatable bonds is 0. The molecule has 1 aliphatic heterocycles. The average Bonchev–Trinajstić information content (AvgIpc) is 2.46. The summed E-state index contributed by atoms with van der Waals surface area (Å²) in [6.45, 7) is 8.20. The van der Waals surface area contributed by atoms with Gasteiger partial charge in [0.1, 0.15) is 0 Å².